The molecule has 0 aromatic heterocycles. The van der Waals surface area contributed by atoms with E-state index in [0.717, 1.165) is 16.1 Å². The van der Waals surface area contributed by atoms with Crippen LogP contribution in [0.15, 0.2) is 36.4 Å². The molecule has 1 atom stereocenters. The Kier molecular flexibility index (Phi) is 2.06. The van der Waals surface area contributed by atoms with Gasteiger partial charge in [-0.25, -0.2) is 0 Å². The van der Waals surface area contributed by atoms with Gasteiger partial charge >= 0.3 is 0 Å². The minimum Gasteiger partial charge on any atom is -0.320 e. The van der Waals surface area contributed by atoms with E-state index in [1.165, 1.54) is 16.7 Å². The minimum atomic E-state index is -0.0383. The Morgan fingerprint density at radius 1 is 1.12 bits per heavy atom. The lowest BCUT2D eigenvalue weighted by Crippen LogP contribution is -2.07. The Morgan fingerprint density at radius 2 is 1.94 bits per heavy atom. The van der Waals surface area contributed by atoms with Crippen LogP contribution in [0.25, 0.3) is 11.1 Å². The quantitative estimate of drug-likeness (QED) is 0.733. The Hall–Kier alpha value is -1.31. The van der Waals surface area contributed by atoms with Gasteiger partial charge in [-0.3, -0.25) is 0 Å². The molecule has 1 aliphatic rings. The van der Waals surface area contributed by atoms with Crippen LogP contribution in [-0.4, -0.2) is 0 Å². The Labute approximate surface area is 99.9 Å². The average Bonchev–Trinajstić information content (AvgIpc) is 2.55. The summed E-state index contributed by atoms with van der Waals surface area (Å²) in [5.41, 5.74) is 12.1. The zero-order valence-electron chi connectivity index (χ0n) is 9.00. The van der Waals surface area contributed by atoms with Crippen molar-refractivity contribution < 1.29 is 0 Å². The molecule has 2 aromatic carbocycles. The predicted octanol–water partition coefficient (Wildman–Crippen LogP) is 3.68. The van der Waals surface area contributed by atoms with Gasteiger partial charge in [0, 0.05) is 10.6 Å². The van der Waals surface area contributed by atoms with Gasteiger partial charge in [0.25, 0.3) is 0 Å². The first-order chi connectivity index (χ1) is 7.68. The van der Waals surface area contributed by atoms with Gasteiger partial charge in [0.1, 0.15) is 0 Å². The summed E-state index contributed by atoms with van der Waals surface area (Å²) in [4.78, 5) is 0. The maximum atomic E-state index is 6.25. The summed E-state index contributed by atoms with van der Waals surface area (Å²) in [6, 6.07) is 12.3. The van der Waals surface area contributed by atoms with Gasteiger partial charge in [-0.15, -0.1) is 0 Å². The molecular formula is C14H12ClN. The van der Waals surface area contributed by atoms with Crippen LogP contribution in [0, 0.1) is 6.92 Å². The number of rotatable bonds is 0. The number of hydrogen-bond donors (Lipinski definition) is 1. The lowest BCUT2D eigenvalue weighted by atomic mass is 10.0. The van der Waals surface area contributed by atoms with Gasteiger partial charge in [0.05, 0.1) is 6.04 Å². The van der Waals surface area contributed by atoms with Gasteiger partial charge < -0.3 is 5.73 Å². The fourth-order valence-corrected chi connectivity index (χ4v) is 2.70. The monoisotopic (exact) mass is 229 g/mol. The molecule has 1 unspecified atom stereocenters. The number of halogens is 1. The number of fused-ring (bicyclic) bond motifs is 3. The maximum absolute atomic E-state index is 6.25. The third kappa shape index (κ3) is 1.22. The van der Waals surface area contributed by atoms with Crippen LogP contribution in [-0.2, 0) is 0 Å². The zero-order chi connectivity index (χ0) is 11.3. The van der Waals surface area contributed by atoms with E-state index >= 15 is 0 Å². The smallest absolute Gasteiger partial charge is 0.0564 e. The third-order valence-corrected chi connectivity index (χ3v) is 3.51. The molecule has 1 nitrogen and oxygen atoms in total. The Bertz CT molecular complexity index is 575. The van der Waals surface area contributed by atoms with Crippen LogP contribution < -0.4 is 5.73 Å². The molecule has 0 amide bonds. The summed E-state index contributed by atoms with van der Waals surface area (Å²) < 4.78 is 0. The summed E-state index contributed by atoms with van der Waals surface area (Å²) >= 11 is 6.25. The number of benzene rings is 2. The highest BCUT2D eigenvalue weighted by Crippen LogP contribution is 2.45. The van der Waals surface area contributed by atoms with Gasteiger partial charge in [0.15, 0.2) is 0 Å². The standard InChI is InChI=1S/C14H12ClN/c1-8-5-6-9-11(7-8)14(16)10-3-2-4-12(15)13(9)10/h2-7,14H,16H2,1H3. The summed E-state index contributed by atoms with van der Waals surface area (Å²) in [7, 11) is 0. The lowest BCUT2D eigenvalue weighted by Gasteiger charge is -2.06. The minimum absolute atomic E-state index is 0.0383. The van der Waals surface area contributed by atoms with Crippen molar-refractivity contribution in [1.29, 1.82) is 0 Å². The second-order valence-corrected chi connectivity index (χ2v) is 4.68. The molecule has 2 heteroatoms. The van der Waals surface area contributed by atoms with Crippen molar-refractivity contribution in [1.82, 2.24) is 0 Å². The van der Waals surface area contributed by atoms with Crippen molar-refractivity contribution in [2.24, 2.45) is 5.73 Å². The number of aryl methyl sites for hydroxylation is 1. The molecular weight excluding hydrogens is 218 g/mol. The highest BCUT2D eigenvalue weighted by Gasteiger charge is 2.27. The number of nitrogens with two attached hydrogens (primary N) is 1. The van der Waals surface area contributed by atoms with Crippen molar-refractivity contribution in [3.63, 3.8) is 0 Å². The molecule has 0 radical (unpaired) electrons. The molecule has 1 aliphatic carbocycles. The van der Waals surface area contributed by atoms with Gasteiger partial charge in [-0.2, -0.15) is 0 Å². The van der Waals surface area contributed by atoms with Crippen molar-refractivity contribution in [3.8, 4) is 11.1 Å². The molecule has 0 saturated carbocycles. The summed E-state index contributed by atoms with van der Waals surface area (Å²) in [5, 5.41) is 0.788. The van der Waals surface area contributed by atoms with E-state index in [0.29, 0.717) is 0 Å². The molecule has 2 N–H and O–H groups in total. The first-order valence-corrected chi connectivity index (χ1v) is 5.71. The molecule has 0 aliphatic heterocycles. The molecule has 80 valence electrons. The van der Waals surface area contributed by atoms with Gasteiger partial charge in [0.2, 0.25) is 0 Å². The third-order valence-electron chi connectivity index (χ3n) is 3.19. The average molecular weight is 230 g/mol. The van der Waals surface area contributed by atoms with Crippen LogP contribution in [0.2, 0.25) is 5.02 Å². The van der Waals surface area contributed by atoms with Gasteiger partial charge in [-0.05, 0) is 29.7 Å². The van der Waals surface area contributed by atoms with E-state index in [2.05, 4.69) is 31.2 Å². The molecule has 0 fully saturated rings. The van der Waals surface area contributed by atoms with E-state index in [9.17, 15) is 0 Å². The van der Waals surface area contributed by atoms with E-state index in [4.69, 9.17) is 17.3 Å². The molecule has 0 heterocycles. The summed E-state index contributed by atoms with van der Waals surface area (Å²) in [5.74, 6) is 0. The second-order valence-electron chi connectivity index (χ2n) is 4.27. The van der Waals surface area contributed by atoms with E-state index < -0.39 is 0 Å². The van der Waals surface area contributed by atoms with E-state index in [-0.39, 0.29) is 6.04 Å². The molecule has 2 aromatic rings. The van der Waals surface area contributed by atoms with Crippen molar-refractivity contribution in [3.05, 3.63) is 58.1 Å². The molecule has 0 bridgehead atoms. The molecule has 3 rings (SSSR count). The first-order valence-electron chi connectivity index (χ1n) is 5.33. The maximum Gasteiger partial charge on any atom is 0.0564 e. The summed E-state index contributed by atoms with van der Waals surface area (Å²) in [6.45, 7) is 2.08. The summed E-state index contributed by atoms with van der Waals surface area (Å²) in [6.07, 6.45) is 0. The highest BCUT2D eigenvalue weighted by atomic mass is 35.5. The van der Waals surface area contributed by atoms with Crippen LogP contribution in [0.4, 0.5) is 0 Å². The lowest BCUT2D eigenvalue weighted by molar-refractivity contribution is 0.899. The van der Waals surface area contributed by atoms with Crippen LogP contribution in [0.1, 0.15) is 22.7 Å². The van der Waals surface area contributed by atoms with Crippen LogP contribution in [0.5, 0.6) is 0 Å². The van der Waals surface area contributed by atoms with E-state index in [1.54, 1.807) is 0 Å². The van der Waals surface area contributed by atoms with Gasteiger partial charge in [-0.1, -0.05) is 47.5 Å². The largest absolute Gasteiger partial charge is 0.320 e. The Balaban J connectivity index is 2.36. The van der Waals surface area contributed by atoms with Crippen LogP contribution in [0.3, 0.4) is 0 Å². The number of hydrogen-bond acceptors (Lipinski definition) is 1. The van der Waals surface area contributed by atoms with Crippen LogP contribution >= 0.6 is 11.6 Å². The topological polar surface area (TPSA) is 26.0 Å². The van der Waals surface area contributed by atoms with Crippen molar-refractivity contribution >= 4 is 11.6 Å². The molecule has 0 saturated heterocycles. The fraction of sp³-hybridized carbons (Fsp3) is 0.143. The molecule has 16 heavy (non-hydrogen) atoms. The zero-order valence-corrected chi connectivity index (χ0v) is 9.75. The highest BCUT2D eigenvalue weighted by molar-refractivity contribution is 6.33. The predicted molar refractivity (Wildman–Crippen MR) is 67.7 cm³/mol. The molecule has 0 spiro atoms. The normalized spacial score (nSPS) is 17.1. The SMILES string of the molecule is Cc1ccc2c(c1)C(N)c1cccc(Cl)c1-2. The fourth-order valence-electron chi connectivity index (χ4n) is 2.42. The van der Waals surface area contributed by atoms with Crippen molar-refractivity contribution in [2.75, 3.05) is 0 Å². The van der Waals surface area contributed by atoms with Crippen molar-refractivity contribution in [2.45, 2.75) is 13.0 Å². The first kappa shape index (κ1) is 9.88. The second kappa shape index (κ2) is 3.34. The van der Waals surface area contributed by atoms with E-state index in [1.807, 2.05) is 12.1 Å². The Morgan fingerprint density at radius 3 is 2.75 bits per heavy atom.